The fourth-order valence-corrected chi connectivity index (χ4v) is 3.09. The van der Waals surface area contributed by atoms with Gasteiger partial charge in [-0.3, -0.25) is 0 Å². The summed E-state index contributed by atoms with van der Waals surface area (Å²) >= 11 is 3.14. The van der Waals surface area contributed by atoms with E-state index in [1.54, 1.807) is 12.1 Å². The van der Waals surface area contributed by atoms with Gasteiger partial charge in [-0.15, -0.1) is 0 Å². The Morgan fingerprint density at radius 2 is 2.00 bits per heavy atom. The highest BCUT2D eigenvalue weighted by atomic mass is 79.9. The van der Waals surface area contributed by atoms with Crippen LogP contribution in [-0.4, -0.2) is 5.11 Å². The predicted molar refractivity (Wildman–Crippen MR) is 74.7 cm³/mol. The van der Waals surface area contributed by atoms with Crippen LogP contribution in [0.15, 0.2) is 22.7 Å². The summed E-state index contributed by atoms with van der Waals surface area (Å²) in [5.74, 6) is 1.33. The van der Waals surface area contributed by atoms with Crippen LogP contribution in [0.3, 0.4) is 0 Å². The van der Waals surface area contributed by atoms with Crippen LogP contribution in [0.25, 0.3) is 0 Å². The smallest absolute Gasteiger partial charge is 0.137 e. The topological polar surface area (TPSA) is 20.2 Å². The molecule has 0 heterocycles. The quantitative estimate of drug-likeness (QED) is 0.839. The molecule has 2 rings (SSSR count). The van der Waals surface area contributed by atoms with Crippen molar-refractivity contribution in [1.82, 2.24) is 0 Å². The van der Waals surface area contributed by atoms with Gasteiger partial charge < -0.3 is 5.11 Å². The van der Waals surface area contributed by atoms with Gasteiger partial charge in [0.2, 0.25) is 0 Å². The Balaban J connectivity index is 2.11. The van der Waals surface area contributed by atoms with Crippen molar-refractivity contribution in [3.8, 4) is 0 Å². The van der Waals surface area contributed by atoms with Crippen molar-refractivity contribution in [3.05, 3.63) is 34.1 Å². The summed E-state index contributed by atoms with van der Waals surface area (Å²) in [6.45, 7) is 4.51. The minimum absolute atomic E-state index is 0.261. The van der Waals surface area contributed by atoms with Crippen LogP contribution in [0.1, 0.15) is 44.8 Å². The summed E-state index contributed by atoms with van der Waals surface area (Å²) < 4.78 is 13.9. The molecule has 1 saturated carbocycles. The largest absolute Gasteiger partial charge is 0.388 e. The molecule has 0 radical (unpaired) electrons. The molecule has 4 unspecified atom stereocenters. The van der Waals surface area contributed by atoms with Crippen LogP contribution in [0.4, 0.5) is 4.39 Å². The molecular weight excluding hydrogens is 295 g/mol. The van der Waals surface area contributed by atoms with Crippen LogP contribution < -0.4 is 0 Å². The maximum atomic E-state index is 13.5. The molecule has 1 N–H and O–H groups in total. The molecular formula is C15H20BrFO. The second kappa shape index (κ2) is 5.70. The molecule has 18 heavy (non-hydrogen) atoms. The molecule has 3 heteroatoms. The number of rotatable bonds is 2. The standard InChI is InChI=1S/C15H20BrFO/c1-9-3-4-11(7-10(9)2)15(18)12-5-6-13(16)14(17)8-12/h5-6,8-11,15,18H,3-4,7H2,1-2H3. The van der Waals surface area contributed by atoms with Crippen molar-refractivity contribution in [1.29, 1.82) is 0 Å². The highest BCUT2D eigenvalue weighted by molar-refractivity contribution is 9.10. The summed E-state index contributed by atoms with van der Waals surface area (Å²) in [6.07, 6.45) is 2.68. The minimum Gasteiger partial charge on any atom is -0.388 e. The molecule has 0 saturated heterocycles. The van der Waals surface area contributed by atoms with E-state index in [1.807, 2.05) is 0 Å². The van der Waals surface area contributed by atoms with E-state index in [9.17, 15) is 9.50 Å². The molecule has 100 valence electrons. The molecule has 0 spiro atoms. The second-order valence-corrected chi connectivity index (χ2v) is 6.50. The molecule has 1 aliphatic carbocycles. The van der Waals surface area contributed by atoms with Crippen molar-refractivity contribution in [2.75, 3.05) is 0 Å². The fraction of sp³-hybridized carbons (Fsp3) is 0.600. The second-order valence-electron chi connectivity index (χ2n) is 5.65. The van der Waals surface area contributed by atoms with E-state index in [4.69, 9.17) is 0 Å². The first kappa shape index (κ1) is 14.0. The maximum Gasteiger partial charge on any atom is 0.137 e. The Labute approximate surface area is 117 Å². The van der Waals surface area contributed by atoms with Gasteiger partial charge in [0.1, 0.15) is 5.82 Å². The van der Waals surface area contributed by atoms with Crippen molar-refractivity contribution >= 4 is 15.9 Å². The van der Waals surface area contributed by atoms with Gasteiger partial charge in [-0.25, -0.2) is 4.39 Å². The number of aliphatic hydroxyl groups excluding tert-OH is 1. The monoisotopic (exact) mass is 314 g/mol. The Morgan fingerprint density at radius 3 is 2.61 bits per heavy atom. The van der Waals surface area contributed by atoms with Crippen LogP contribution in [-0.2, 0) is 0 Å². The lowest BCUT2D eigenvalue weighted by molar-refractivity contribution is 0.0559. The van der Waals surface area contributed by atoms with Gasteiger partial charge >= 0.3 is 0 Å². The molecule has 1 fully saturated rings. The Hall–Kier alpha value is -0.410. The average molecular weight is 315 g/mol. The highest BCUT2D eigenvalue weighted by Crippen LogP contribution is 2.40. The molecule has 0 bridgehead atoms. The zero-order chi connectivity index (χ0) is 13.3. The third-order valence-electron chi connectivity index (χ3n) is 4.37. The molecule has 4 atom stereocenters. The lowest BCUT2D eigenvalue weighted by atomic mass is 9.73. The van der Waals surface area contributed by atoms with Gasteiger partial charge in [-0.1, -0.05) is 26.3 Å². The number of halogens is 2. The molecule has 1 nitrogen and oxygen atoms in total. The first-order valence-corrected chi connectivity index (χ1v) is 7.41. The van der Waals surface area contributed by atoms with Gasteiger partial charge in [-0.2, -0.15) is 0 Å². The van der Waals surface area contributed by atoms with Crippen molar-refractivity contribution in [2.24, 2.45) is 17.8 Å². The molecule has 1 aliphatic rings. The Kier molecular flexibility index (Phi) is 4.44. The third-order valence-corrected chi connectivity index (χ3v) is 5.01. The molecule has 0 amide bonds. The molecule has 1 aromatic rings. The number of hydrogen-bond donors (Lipinski definition) is 1. The molecule has 0 aliphatic heterocycles. The molecule has 0 aromatic heterocycles. The van der Waals surface area contributed by atoms with Crippen molar-refractivity contribution < 1.29 is 9.50 Å². The summed E-state index contributed by atoms with van der Waals surface area (Å²) in [5, 5.41) is 10.4. The van der Waals surface area contributed by atoms with E-state index in [0.29, 0.717) is 16.0 Å². The number of hydrogen-bond acceptors (Lipinski definition) is 1. The van der Waals surface area contributed by atoms with Gasteiger partial charge in [0.25, 0.3) is 0 Å². The van der Waals surface area contributed by atoms with E-state index in [2.05, 4.69) is 29.8 Å². The summed E-state index contributed by atoms with van der Waals surface area (Å²) in [4.78, 5) is 0. The van der Waals surface area contributed by atoms with Gasteiger partial charge in [-0.05, 0) is 64.2 Å². The van der Waals surface area contributed by atoms with Crippen molar-refractivity contribution in [2.45, 2.75) is 39.2 Å². The summed E-state index contributed by atoms with van der Waals surface area (Å²) in [5.41, 5.74) is 0.697. The summed E-state index contributed by atoms with van der Waals surface area (Å²) in [6, 6.07) is 4.92. The van der Waals surface area contributed by atoms with E-state index >= 15 is 0 Å². The Bertz CT molecular complexity index is 421. The van der Waals surface area contributed by atoms with Gasteiger partial charge in [0, 0.05) is 0 Å². The maximum absolute atomic E-state index is 13.5. The average Bonchev–Trinajstić information content (AvgIpc) is 2.35. The van der Waals surface area contributed by atoms with Crippen LogP contribution >= 0.6 is 15.9 Å². The SMILES string of the molecule is CC1CCC(C(O)c2ccc(Br)c(F)c2)CC1C. The normalized spacial score (nSPS) is 30.2. The van der Waals surface area contributed by atoms with Crippen LogP contribution in [0.2, 0.25) is 0 Å². The first-order valence-electron chi connectivity index (χ1n) is 6.62. The zero-order valence-electron chi connectivity index (χ0n) is 10.9. The van der Waals surface area contributed by atoms with E-state index < -0.39 is 6.10 Å². The predicted octanol–water partition coefficient (Wildman–Crippen LogP) is 4.69. The van der Waals surface area contributed by atoms with E-state index in [0.717, 1.165) is 25.2 Å². The van der Waals surface area contributed by atoms with Gasteiger partial charge in [0.15, 0.2) is 0 Å². The highest BCUT2D eigenvalue weighted by Gasteiger charge is 2.30. The third kappa shape index (κ3) is 2.94. The van der Waals surface area contributed by atoms with E-state index in [1.165, 1.54) is 6.07 Å². The minimum atomic E-state index is -0.539. The van der Waals surface area contributed by atoms with Crippen molar-refractivity contribution in [3.63, 3.8) is 0 Å². The number of aliphatic hydroxyl groups is 1. The lowest BCUT2D eigenvalue weighted by Crippen LogP contribution is -2.25. The number of benzene rings is 1. The fourth-order valence-electron chi connectivity index (χ4n) is 2.84. The first-order chi connectivity index (χ1) is 8.49. The van der Waals surface area contributed by atoms with Crippen LogP contribution in [0, 0.1) is 23.6 Å². The Morgan fingerprint density at radius 1 is 1.28 bits per heavy atom. The lowest BCUT2D eigenvalue weighted by Gasteiger charge is -2.34. The van der Waals surface area contributed by atoms with E-state index in [-0.39, 0.29) is 11.7 Å². The molecule has 1 aromatic carbocycles. The zero-order valence-corrected chi connectivity index (χ0v) is 12.5. The van der Waals surface area contributed by atoms with Gasteiger partial charge in [0.05, 0.1) is 10.6 Å². The summed E-state index contributed by atoms with van der Waals surface area (Å²) in [7, 11) is 0. The van der Waals surface area contributed by atoms with Crippen LogP contribution in [0.5, 0.6) is 0 Å².